The number of amides is 1. The molecule has 0 unspecified atom stereocenters. The Bertz CT molecular complexity index is 659. The van der Waals surface area contributed by atoms with Gasteiger partial charge in [0.2, 0.25) is 5.91 Å². The minimum absolute atomic E-state index is 0.196. The van der Waals surface area contributed by atoms with Crippen molar-refractivity contribution in [3.8, 4) is 5.75 Å². The number of unbranched alkanes of at least 4 members (excludes halogenated alkanes) is 2. The van der Waals surface area contributed by atoms with Crippen molar-refractivity contribution in [3.63, 3.8) is 0 Å². The number of nitrogens with zero attached hydrogens (tertiary/aromatic N) is 2. The topological polar surface area (TPSA) is 62.1 Å². The predicted octanol–water partition coefficient (Wildman–Crippen LogP) is 3.66. The monoisotopic (exact) mass is 372 g/mol. The summed E-state index contributed by atoms with van der Waals surface area (Å²) in [5.41, 5.74) is -2.57. The highest BCUT2D eigenvalue weighted by molar-refractivity contribution is 5.91. The number of aliphatic hydroxyl groups is 1. The molecule has 0 spiro atoms. The van der Waals surface area contributed by atoms with E-state index in [2.05, 4.69) is 5.10 Å². The second-order valence-electron chi connectivity index (χ2n) is 6.34. The summed E-state index contributed by atoms with van der Waals surface area (Å²) in [5.74, 6) is -0.328. The number of hydrogen-bond acceptors (Lipinski definition) is 4. The van der Waals surface area contributed by atoms with E-state index in [0.717, 1.165) is 12.8 Å². The highest BCUT2D eigenvalue weighted by Gasteiger charge is 2.62. The molecule has 1 atom stereocenters. The Morgan fingerprint density at radius 3 is 2.50 bits per heavy atom. The summed E-state index contributed by atoms with van der Waals surface area (Å²) in [6.45, 7) is 1.98. The lowest BCUT2D eigenvalue weighted by Crippen LogP contribution is -2.57. The van der Waals surface area contributed by atoms with Gasteiger partial charge in [0.15, 0.2) is 0 Å². The Labute approximate surface area is 150 Å². The van der Waals surface area contributed by atoms with E-state index in [-0.39, 0.29) is 17.1 Å². The number of benzene rings is 1. The highest BCUT2D eigenvalue weighted by atomic mass is 19.4. The van der Waals surface area contributed by atoms with Crippen LogP contribution in [0.4, 0.5) is 13.2 Å². The van der Waals surface area contributed by atoms with Gasteiger partial charge in [-0.05, 0) is 30.5 Å². The minimum atomic E-state index is -4.99. The van der Waals surface area contributed by atoms with Crippen molar-refractivity contribution in [1.82, 2.24) is 5.01 Å². The normalized spacial score (nSPS) is 20.2. The summed E-state index contributed by atoms with van der Waals surface area (Å²) in [6.07, 6.45) is -3.22. The molecule has 1 aliphatic rings. The largest absolute Gasteiger partial charge is 0.497 e. The molecule has 0 bridgehead atoms. The maximum atomic E-state index is 13.4. The molecular weight excluding hydrogens is 349 g/mol. The second-order valence-corrected chi connectivity index (χ2v) is 6.34. The lowest BCUT2D eigenvalue weighted by molar-refractivity contribution is -0.302. The first-order valence-electron chi connectivity index (χ1n) is 8.52. The van der Waals surface area contributed by atoms with Gasteiger partial charge in [-0.3, -0.25) is 4.79 Å². The molecule has 1 aliphatic heterocycles. The third kappa shape index (κ3) is 4.35. The first-order valence-corrected chi connectivity index (χ1v) is 8.52. The molecule has 2 rings (SSSR count). The number of rotatable bonds is 7. The van der Waals surface area contributed by atoms with Crippen LogP contribution in [0.3, 0.4) is 0 Å². The SMILES string of the molecule is CCCCCC1=NN(C(=O)Cc2ccc(OC)cc2)[C@](O)(C(F)(F)F)C1. The van der Waals surface area contributed by atoms with Gasteiger partial charge in [-0.2, -0.15) is 23.3 Å². The summed E-state index contributed by atoms with van der Waals surface area (Å²) >= 11 is 0. The first kappa shape index (κ1) is 20.2. The molecule has 1 N–H and O–H groups in total. The van der Waals surface area contributed by atoms with Crippen LogP contribution in [0.25, 0.3) is 0 Å². The van der Waals surface area contributed by atoms with E-state index in [0.29, 0.717) is 24.2 Å². The second kappa shape index (κ2) is 8.07. The van der Waals surface area contributed by atoms with Gasteiger partial charge in [-0.15, -0.1) is 0 Å². The van der Waals surface area contributed by atoms with Crippen molar-refractivity contribution in [3.05, 3.63) is 29.8 Å². The van der Waals surface area contributed by atoms with Crippen molar-refractivity contribution in [2.24, 2.45) is 5.10 Å². The van der Waals surface area contributed by atoms with Gasteiger partial charge in [0.1, 0.15) is 5.75 Å². The lowest BCUT2D eigenvalue weighted by Gasteiger charge is -2.32. The maximum Gasteiger partial charge on any atom is 0.438 e. The molecule has 0 aromatic heterocycles. The first-order chi connectivity index (χ1) is 12.2. The lowest BCUT2D eigenvalue weighted by atomic mass is 10.0. The van der Waals surface area contributed by atoms with Crippen LogP contribution in [0.2, 0.25) is 0 Å². The van der Waals surface area contributed by atoms with Gasteiger partial charge in [0.05, 0.1) is 13.5 Å². The third-order valence-corrected chi connectivity index (χ3v) is 4.32. The van der Waals surface area contributed by atoms with Crippen molar-refractivity contribution in [2.75, 3.05) is 7.11 Å². The quantitative estimate of drug-likeness (QED) is 0.743. The number of methoxy groups -OCH3 is 1. The fraction of sp³-hybridized carbons (Fsp3) is 0.556. The van der Waals surface area contributed by atoms with Crippen LogP contribution in [-0.2, 0) is 11.2 Å². The van der Waals surface area contributed by atoms with Crippen molar-refractivity contribution < 1.29 is 27.8 Å². The Morgan fingerprint density at radius 1 is 1.31 bits per heavy atom. The van der Waals surface area contributed by atoms with Gasteiger partial charge in [0, 0.05) is 12.1 Å². The Balaban J connectivity index is 2.18. The molecular formula is C18H23F3N2O3. The fourth-order valence-corrected chi connectivity index (χ4v) is 2.81. The molecule has 1 amide bonds. The smallest absolute Gasteiger partial charge is 0.438 e. The van der Waals surface area contributed by atoms with Gasteiger partial charge in [-0.25, -0.2) is 0 Å². The average Bonchev–Trinajstić information content (AvgIpc) is 2.94. The van der Waals surface area contributed by atoms with Crippen molar-refractivity contribution in [1.29, 1.82) is 0 Å². The standard InChI is InChI=1S/C18H23F3N2O3/c1-3-4-5-6-14-12-17(25,18(19,20)21)23(22-14)16(24)11-13-7-9-15(26-2)10-8-13/h7-10,25H,3-6,11-12H2,1-2H3/t17-/m1/s1. The van der Waals surface area contributed by atoms with Crippen LogP contribution >= 0.6 is 0 Å². The molecule has 1 heterocycles. The zero-order chi connectivity index (χ0) is 19.4. The molecule has 1 aromatic carbocycles. The highest BCUT2D eigenvalue weighted by Crippen LogP contribution is 2.41. The van der Waals surface area contributed by atoms with Crippen LogP contribution in [0, 0.1) is 0 Å². The fourth-order valence-electron chi connectivity index (χ4n) is 2.81. The summed E-state index contributed by atoms with van der Waals surface area (Å²) in [4.78, 5) is 12.4. The van der Waals surface area contributed by atoms with Crippen LogP contribution in [0.5, 0.6) is 5.75 Å². The number of carbonyl (C=O) groups excluding carboxylic acids is 1. The van der Waals surface area contributed by atoms with Gasteiger partial charge in [-0.1, -0.05) is 31.9 Å². The summed E-state index contributed by atoms with van der Waals surface area (Å²) in [5, 5.41) is 14.2. The maximum absolute atomic E-state index is 13.4. The van der Waals surface area contributed by atoms with Gasteiger partial charge < -0.3 is 9.84 Å². The van der Waals surface area contributed by atoms with E-state index in [1.54, 1.807) is 24.3 Å². The van der Waals surface area contributed by atoms with Gasteiger partial charge >= 0.3 is 6.18 Å². The Kier molecular flexibility index (Phi) is 6.28. The molecule has 144 valence electrons. The van der Waals surface area contributed by atoms with E-state index in [9.17, 15) is 23.1 Å². The average molecular weight is 372 g/mol. The molecule has 8 heteroatoms. The molecule has 0 radical (unpaired) electrons. The number of hydrazone groups is 1. The molecule has 5 nitrogen and oxygen atoms in total. The van der Waals surface area contributed by atoms with Crippen LogP contribution in [0.1, 0.15) is 44.6 Å². The summed E-state index contributed by atoms with van der Waals surface area (Å²) < 4.78 is 45.3. The zero-order valence-electron chi connectivity index (χ0n) is 14.8. The third-order valence-electron chi connectivity index (χ3n) is 4.32. The number of alkyl halides is 3. The van der Waals surface area contributed by atoms with E-state index in [1.807, 2.05) is 6.92 Å². The molecule has 0 aliphatic carbocycles. The number of carbonyl (C=O) groups is 1. The Hall–Kier alpha value is -2.09. The van der Waals surface area contributed by atoms with E-state index >= 15 is 0 Å². The minimum Gasteiger partial charge on any atom is -0.497 e. The van der Waals surface area contributed by atoms with E-state index in [1.165, 1.54) is 7.11 Å². The van der Waals surface area contributed by atoms with Crippen molar-refractivity contribution in [2.45, 2.75) is 57.3 Å². The van der Waals surface area contributed by atoms with Crippen LogP contribution in [-0.4, -0.2) is 40.7 Å². The predicted molar refractivity (Wildman–Crippen MR) is 90.7 cm³/mol. The summed E-state index contributed by atoms with van der Waals surface area (Å²) in [6, 6.07) is 6.40. The van der Waals surface area contributed by atoms with Crippen LogP contribution in [0.15, 0.2) is 29.4 Å². The van der Waals surface area contributed by atoms with Gasteiger partial charge in [0.25, 0.3) is 5.72 Å². The number of halogens is 3. The van der Waals surface area contributed by atoms with E-state index in [4.69, 9.17) is 4.74 Å². The molecule has 0 saturated heterocycles. The number of hydrogen-bond donors (Lipinski definition) is 1. The van der Waals surface area contributed by atoms with Crippen LogP contribution < -0.4 is 4.74 Å². The molecule has 0 saturated carbocycles. The van der Waals surface area contributed by atoms with Crippen molar-refractivity contribution >= 4 is 11.6 Å². The van der Waals surface area contributed by atoms with E-state index < -0.39 is 24.2 Å². The summed E-state index contributed by atoms with van der Waals surface area (Å²) in [7, 11) is 1.49. The zero-order valence-corrected chi connectivity index (χ0v) is 14.8. The number of ether oxygens (including phenoxy) is 1. The molecule has 1 aromatic rings. The molecule has 26 heavy (non-hydrogen) atoms. The molecule has 0 fully saturated rings. The Morgan fingerprint density at radius 2 is 1.96 bits per heavy atom.